The zero-order chi connectivity index (χ0) is 6.83. The molecule has 0 spiro atoms. The molecule has 52 valence electrons. The summed E-state index contributed by atoms with van der Waals surface area (Å²) in [5, 5.41) is 8.93. The summed E-state index contributed by atoms with van der Waals surface area (Å²) in [5.41, 5.74) is 0. The summed E-state index contributed by atoms with van der Waals surface area (Å²) in [5.74, 6) is 0. The van der Waals surface area contributed by atoms with Crippen LogP contribution in [0.3, 0.4) is 0 Å². The van der Waals surface area contributed by atoms with Crippen LogP contribution in [0.5, 0.6) is 0 Å². The van der Waals surface area contributed by atoms with Crippen molar-refractivity contribution in [3.8, 4) is 0 Å². The second kappa shape index (κ2) is 23.3. The van der Waals surface area contributed by atoms with Crippen molar-refractivity contribution in [3.63, 3.8) is 0 Å². The predicted molar refractivity (Wildman–Crippen MR) is 41.2 cm³/mol. The minimum Gasteiger partial charge on any atom is -0.855 e. The van der Waals surface area contributed by atoms with E-state index in [1.165, 1.54) is 12.8 Å². The van der Waals surface area contributed by atoms with Crippen LogP contribution in [0.1, 0.15) is 33.1 Å². The van der Waals surface area contributed by atoms with Gasteiger partial charge in [-0.3, -0.25) is 0 Å². The van der Waals surface area contributed by atoms with E-state index in [0.717, 1.165) is 6.42 Å². The normalized spacial score (nSPS) is 6.67. The van der Waals surface area contributed by atoms with Crippen LogP contribution in [0.15, 0.2) is 0 Å². The van der Waals surface area contributed by atoms with Gasteiger partial charge in [0.05, 0.1) is 0 Å². The van der Waals surface area contributed by atoms with Crippen molar-refractivity contribution in [2.75, 3.05) is 6.61 Å². The topological polar surface area (TPSA) is 23.1 Å². The van der Waals surface area contributed by atoms with Crippen molar-refractivity contribution in [2.24, 2.45) is 0 Å². The molecule has 1 nitrogen and oxygen atoms in total. The summed E-state index contributed by atoms with van der Waals surface area (Å²) in [4.78, 5) is 0. The molecule has 0 aliphatic heterocycles. The first-order valence-electron chi connectivity index (χ1n) is 3.20. The first-order valence-corrected chi connectivity index (χ1v) is 3.20. The third kappa shape index (κ3) is 53.1. The van der Waals surface area contributed by atoms with Crippen LogP contribution in [0.2, 0.25) is 0 Å². The molecule has 0 aliphatic rings. The van der Waals surface area contributed by atoms with E-state index >= 15 is 0 Å². The molecule has 0 N–H and O–H groups in total. The van der Waals surface area contributed by atoms with Crippen LogP contribution in [0, 0.1) is 6.92 Å². The Morgan fingerprint density at radius 2 is 1.67 bits per heavy atom. The molecule has 0 aromatic rings. The molecule has 0 amide bonds. The van der Waals surface area contributed by atoms with Crippen molar-refractivity contribution >= 4 is 23.1 Å². The van der Waals surface area contributed by atoms with Gasteiger partial charge < -0.3 is 12.0 Å². The largest absolute Gasteiger partial charge is 2.00 e. The molecule has 0 saturated heterocycles. The Kier molecular flexibility index (Phi) is 42.4. The molecule has 0 aliphatic carbocycles. The van der Waals surface area contributed by atoms with Crippen LogP contribution >= 0.6 is 0 Å². The zero-order valence-electron chi connectivity index (χ0n) is 6.65. The van der Waals surface area contributed by atoms with E-state index in [9.17, 15) is 0 Å². The second-order valence-electron chi connectivity index (χ2n) is 1.50. The molecule has 0 heterocycles. The van der Waals surface area contributed by atoms with Gasteiger partial charge in [-0.15, -0.1) is 6.61 Å². The molecular formula is C7H16MgO. The first kappa shape index (κ1) is 16.4. The summed E-state index contributed by atoms with van der Waals surface area (Å²) >= 11 is 0. The molecule has 9 heavy (non-hydrogen) atoms. The van der Waals surface area contributed by atoms with Gasteiger partial charge in [0.2, 0.25) is 0 Å². The maximum absolute atomic E-state index is 8.93. The molecule has 2 heteroatoms. The fourth-order valence-corrected chi connectivity index (χ4v) is 0.250. The van der Waals surface area contributed by atoms with Crippen LogP contribution in [-0.4, -0.2) is 29.7 Å². The SMILES string of the molecule is CC[O-].[CH2-]CCCC.[Mg+2]. The maximum Gasteiger partial charge on any atom is 2.00 e. The van der Waals surface area contributed by atoms with Gasteiger partial charge in [0, 0.05) is 0 Å². The molecule has 0 bridgehead atoms. The van der Waals surface area contributed by atoms with E-state index in [4.69, 9.17) is 5.11 Å². The summed E-state index contributed by atoms with van der Waals surface area (Å²) in [6, 6.07) is 0. The number of hydrogen-bond acceptors (Lipinski definition) is 1. The van der Waals surface area contributed by atoms with Gasteiger partial charge in [0.1, 0.15) is 0 Å². The average Bonchev–Trinajstić information content (AvgIpc) is 1.71. The van der Waals surface area contributed by atoms with Crippen molar-refractivity contribution in [2.45, 2.75) is 33.1 Å². The number of hydrogen-bond donors (Lipinski definition) is 0. The van der Waals surface area contributed by atoms with Crippen LogP contribution < -0.4 is 5.11 Å². The summed E-state index contributed by atoms with van der Waals surface area (Å²) < 4.78 is 0. The quantitative estimate of drug-likeness (QED) is 0.415. The third-order valence-corrected chi connectivity index (χ3v) is 0.604. The van der Waals surface area contributed by atoms with Crippen molar-refractivity contribution < 1.29 is 5.11 Å². The van der Waals surface area contributed by atoms with Crippen LogP contribution in [0.4, 0.5) is 0 Å². The van der Waals surface area contributed by atoms with E-state index < -0.39 is 0 Å². The van der Waals surface area contributed by atoms with E-state index in [1.54, 1.807) is 6.92 Å². The first-order chi connectivity index (χ1) is 3.83. The monoisotopic (exact) mass is 140 g/mol. The Bertz CT molecular complexity index is 22.9. The molecule has 0 atom stereocenters. The summed E-state index contributed by atoms with van der Waals surface area (Å²) in [7, 11) is 0. The minimum absolute atomic E-state index is 0. The molecule has 0 rings (SSSR count). The van der Waals surface area contributed by atoms with Crippen molar-refractivity contribution in [1.29, 1.82) is 0 Å². The Hall–Kier alpha value is 0.726. The smallest absolute Gasteiger partial charge is 0.855 e. The van der Waals surface area contributed by atoms with Gasteiger partial charge in [-0.05, 0) is 0 Å². The Morgan fingerprint density at radius 3 is 1.67 bits per heavy atom. The average molecular weight is 141 g/mol. The second-order valence-corrected chi connectivity index (χ2v) is 1.50. The van der Waals surface area contributed by atoms with E-state index in [1.807, 2.05) is 0 Å². The van der Waals surface area contributed by atoms with E-state index in [2.05, 4.69) is 13.8 Å². The zero-order valence-corrected chi connectivity index (χ0v) is 8.07. The van der Waals surface area contributed by atoms with Crippen LogP contribution in [-0.2, 0) is 0 Å². The fourth-order valence-electron chi connectivity index (χ4n) is 0.250. The summed E-state index contributed by atoms with van der Waals surface area (Å²) in [6.45, 7) is 7.42. The molecule has 0 aromatic heterocycles. The van der Waals surface area contributed by atoms with E-state index in [0.29, 0.717) is 0 Å². The predicted octanol–water partition coefficient (Wildman–Crippen LogP) is 0.996. The Balaban J connectivity index is -0.0000000800. The Morgan fingerprint density at radius 1 is 1.33 bits per heavy atom. The number of rotatable bonds is 2. The Labute approximate surface area is 75.0 Å². The van der Waals surface area contributed by atoms with Gasteiger partial charge >= 0.3 is 23.1 Å². The van der Waals surface area contributed by atoms with Gasteiger partial charge in [-0.1, -0.05) is 26.7 Å². The van der Waals surface area contributed by atoms with E-state index in [-0.39, 0.29) is 29.7 Å². The minimum atomic E-state index is 0. The molecule has 0 aromatic carbocycles. The summed E-state index contributed by atoms with van der Waals surface area (Å²) in [6.07, 6.45) is 3.65. The molecule has 0 fully saturated rings. The maximum atomic E-state index is 8.93. The standard InChI is InChI=1S/C5H11.C2H5O.Mg/c1-3-5-4-2;1-2-3;/h1,3-5H2,2H3;2H2,1H3;/q2*-1;+2. The molecule has 0 saturated carbocycles. The van der Waals surface area contributed by atoms with Gasteiger partial charge in [-0.2, -0.15) is 6.42 Å². The number of unbranched alkanes of at least 4 members (excludes halogenated alkanes) is 2. The van der Waals surface area contributed by atoms with Crippen LogP contribution in [0.25, 0.3) is 0 Å². The van der Waals surface area contributed by atoms with Gasteiger partial charge in [0.25, 0.3) is 0 Å². The third-order valence-electron chi connectivity index (χ3n) is 0.604. The van der Waals surface area contributed by atoms with Crippen molar-refractivity contribution in [1.82, 2.24) is 0 Å². The van der Waals surface area contributed by atoms with Crippen molar-refractivity contribution in [3.05, 3.63) is 6.92 Å². The van der Waals surface area contributed by atoms with Gasteiger partial charge in [0.15, 0.2) is 0 Å². The fraction of sp³-hybridized carbons (Fsp3) is 0.857. The molecule has 0 radical (unpaired) electrons. The molecule has 0 unspecified atom stereocenters. The molecular weight excluding hydrogens is 124 g/mol. The van der Waals surface area contributed by atoms with Gasteiger partial charge in [-0.25, -0.2) is 0 Å².